The quantitative estimate of drug-likeness (QED) is 0.494. The van der Waals surface area contributed by atoms with Crippen molar-refractivity contribution < 1.29 is 19.1 Å². The van der Waals surface area contributed by atoms with Crippen LogP contribution < -0.4 is 10.1 Å². The van der Waals surface area contributed by atoms with Crippen molar-refractivity contribution in [3.63, 3.8) is 0 Å². The molecule has 2 rings (SSSR count). The van der Waals surface area contributed by atoms with Crippen LogP contribution >= 0.6 is 11.6 Å². The van der Waals surface area contributed by atoms with Crippen LogP contribution in [0.2, 0.25) is 5.15 Å². The van der Waals surface area contributed by atoms with Crippen molar-refractivity contribution >= 4 is 35.2 Å². The number of hydrogen-bond acceptors (Lipinski definition) is 5. The summed E-state index contributed by atoms with van der Waals surface area (Å²) in [6.45, 7) is -0.420. The van der Waals surface area contributed by atoms with E-state index in [0.717, 1.165) is 11.3 Å². The fourth-order valence-electron chi connectivity index (χ4n) is 1.73. The third kappa shape index (κ3) is 5.40. The molecule has 0 spiro atoms. The number of esters is 1. The summed E-state index contributed by atoms with van der Waals surface area (Å²) < 4.78 is 9.90. The molecule has 24 heavy (non-hydrogen) atoms. The Morgan fingerprint density at radius 3 is 2.67 bits per heavy atom. The van der Waals surface area contributed by atoms with Gasteiger partial charge >= 0.3 is 5.97 Å². The van der Waals surface area contributed by atoms with Crippen LogP contribution in [-0.2, 0) is 14.3 Å². The Hall–Kier alpha value is -2.86. The number of carbonyl (C=O) groups excluding carboxylic acids is 2. The second-order valence-corrected chi connectivity index (χ2v) is 4.96. The van der Waals surface area contributed by atoms with E-state index in [1.807, 2.05) is 0 Å². The molecular formula is C17H15ClN2O4. The van der Waals surface area contributed by atoms with E-state index in [4.69, 9.17) is 21.1 Å². The standard InChI is InChI=1S/C17H15ClN2O4/c1-23-13-7-4-12(5-8-13)6-9-16(22)24-11-15(21)20-14-3-2-10-19-17(14)18/h2-10H,11H2,1H3,(H,20,21)/b9-6+. The number of ether oxygens (including phenoxy) is 2. The molecule has 6 nitrogen and oxygen atoms in total. The Bertz CT molecular complexity index is 745. The molecule has 0 aliphatic rings. The van der Waals surface area contributed by atoms with E-state index in [2.05, 4.69) is 10.3 Å². The van der Waals surface area contributed by atoms with Crippen LogP contribution in [0.5, 0.6) is 5.75 Å². The van der Waals surface area contributed by atoms with Crippen molar-refractivity contribution in [2.24, 2.45) is 0 Å². The number of rotatable bonds is 6. The summed E-state index contributed by atoms with van der Waals surface area (Å²) in [5.74, 6) is -0.408. The smallest absolute Gasteiger partial charge is 0.331 e. The first-order valence-corrected chi connectivity index (χ1v) is 7.35. The summed E-state index contributed by atoms with van der Waals surface area (Å²) in [7, 11) is 1.58. The van der Waals surface area contributed by atoms with E-state index in [1.165, 1.54) is 12.3 Å². The molecule has 0 atom stereocenters. The first kappa shape index (κ1) is 17.5. The van der Waals surface area contributed by atoms with Gasteiger partial charge in [-0.25, -0.2) is 9.78 Å². The minimum Gasteiger partial charge on any atom is -0.497 e. The van der Waals surface area contributed by atoms with Crippen LogP contribution in [0.3, 0.4) is 0 Å². The highest BCUT2D eigenvalue weighted by atomic mass is 35.5. The van der Waals surface area contributed by atoms with Gasteiger partial charge in [-0.05, 0) is 35.9 Å². The summed E-state index contributed by atoms with van der Waals surface area (Å²) in [6.07, 6.45) is 4.33. The number of halogens is 1. The molecule has 0 unspecified atom stereocenters. The number of methoxy groups -OCH3 is 1. The van der Waals surface area contributed by atoms with E-state index in [9.17, 15) is 9.59 Å². The van der Waals surface area contributed by atoms with Crippen LogP contribution in [0.15, 0.2) is 48.7 Å². The average Bonchev–Trinajstić information content (AvgIpc) is 2.60. The lowest BCUT2D eigenvalue weighted by atomic mass is 10.2. The zero-order valence-corrected chi connectivity index (χ0v) is 13.6. The molecule has 0 aliphatic carbocycles. The molecule has 2 aromatic rings. The molecule has 0 radical (unpaired) electrons. The lowest BCUT2D eigenvalue weighted by Gasteiger charge is -2.06. The molecule has 7 heteroatoms. The molecule has 1 aromatic heterocycles. The molecule has 124 valence electrons. The van der Waals surface area contributed by atoms with E-state index in [0.29, 0.717) is 5.69 Å². The first-order chi connectivity index (χ1) is 11.6. The maximum atomic E-state index is 11.7. The van der Waals surface area contributed by atoms with Gasteiger partial charge < -0.3 is 14.8 Å². The van der Waals surface area contributed by atoms with Crippen LogP contribution in [0.1, 0.15) is 5.56 Å². The Labute approximate surface area is 144 Å². The maximum Gasteiger partial charge on any atom is 0.331 e. The number of nitrogens with zero attached hydrogens (tertiary/aromatic N) is 1. The van der Waals surface area contributed by atoms with Gasteiger partial charge in [0.2, 0.25) is 0 Å². The lowest BCUT2D eigenvalue weighted by molar-refractivity contribution is -0.142. The highest BCUT2D eigenvalue weighted by molar-refractivity contribution is 6.32. The van der Waals surface area contributed by atoms with Crippen LogP contribution in [0.4, 0.5) is 5.69 Å². The number of hydrogen-bond donors (Lipinski definition) is 1. The molecule has 0 fully saturated rings. The summed E-state index contributed by atoms with van der Waals surface area (Å²) in [5.41, 5.74) is 1.16. The monoisotopic (exact) mass is 346 g/mol. The first-order valence-electron chi connectivity index (χ1n) is 6.98. The zero-order chi connectivity index (χ0) is 17.4. The minimum atomic E-state index is -0.627. The summed E-state index contributed by atoms with van der Waals surface area (Å²) in [5, 5.41) is 2.67. The number of carbonyl (C=O) groups is 2. The molecule has 1 aromatic carbocycles. The minimum absolute atomic E-state index is 0.163. The van der Waals surface area contributed by atoms with Gasteiger partial charge in [-0.2, -0.15) is 0 Å². The number of aromatic nitrogens is 1. The number of benzene rings is 1. The number of pyridine rings is 1. The number of nitrogens with one attached hydrogen (secondary N) is 1. The predicted octanol–water partition coefficient (Wildman–Crippen LogP) is 2.94. The van der Waals surface area contributed by atoms with Gasteiger partial charge in [0.1, 0.15) is 5.75 Å². The van der Waals surface area contributed by atoms with Crippen LogP contribution in [0, 0.1) is 0 Å². The average molecular weight is 347 g/mol. The SMILES string of the molecule is COc1ccc(/C=C/C(=O)OCC(=O)Nc2cccnc2Cl)cc1. The van der Waals surface area contributed by atoms with Crippen molar-refractivity contribution in [2.45, 2.75) is 0 Å². The largest absolute Gasteiger partial charge is 0.497 e. The molecule has 0 saturated carbocycles. The molecule has 1 amide bonds. The van der Waals surface area contributed by atoms with E-state index < -0.39 is 18.5 Å². The molecule has 0 bridgehead atoms. The van der Waals surface area contributed by atoms with E-state index >= 15 is 0 Å². The molecular weight excluding hydrogens is 332 g/mol. The van der Waals surface area contributed by atoms with Gasteiger partial charge in [0.05, 0.1) is 12.8 Å². The Morgan fingerprint density at radius 1 is 1.25 bits per heavy atom. The molecule has 0 saturated heterocycles. The van der Waals surface area contributed by atoms with Gasteiger partial charge in [-0.1, -0.05) is 23.7 Å². The summed E-state index contributed by atoms with van der Waals surface area (Å²) in [6, 6.07) is 10.4. The van der Waals surface area contributed by atoms with Crippen molar-refractivity contribution in [3.8, 4) is 5.75 Å². The van der Waals surface area contributed by atoms with Gasteiger partial charge in [0.25, 0.3) is 5.91 Å². The van der Waals surface area contributed by atoms with Crippen molar-refractivity contribution in [3.05, 3.63) is 59.4 Å². The highest BCUT2D eigenvalue weighted by Crippen LogP contribution is 2.17. The summed E-state index contributed by atoms with van der Waals surface area (Å²) in [4.78, 5) is 27.1. The third-order valence-corrected chi connectivity index (χ3v) is 3.21. The molecule has 1 heterocycles. The third-order valence-electron chi connectivity index (χ3n) is 2.91. The Morgan fingerprint density at radius 2 is 2.00 bits per heavy atom. The van der Waals surface area contributed by atoms with E-state index in [-0.39, 0.29) is 5.15 Å². The maximum absolute atomic E-state index is 11.7. The lowest BCUT2D eigenvalue weighted by Crippen LogP contribution is -2.20. The Kier molecular flexibility index (Phi) is 6.33. The second kappa shape index (κ2) is 8.69. The van der Waals surface area contributed by atoms with Crippen molar-refractivity contribution in [1.29, 1.82) is 0 Å². The normalized spacial score (nSPS) is 10.4. The molecule has 0 aliphatic heterocycles. The fourth-order valence-corrected chi connectivity index (χ4v) is 1.90. The Balaban J connectivity index is 1.80. The number of anilines is 1. The fraction of sp³-hybridized carbons (Fsp3) is 0.118. The van der Waals surface area contributed by atoms with Crippen LogP contribution in [0.25, 0.3) is 6.08 Å². The van der Waals surface area contributed by atoms with Gasteiger partial charge in [0, 0.05) is 12.3 Å². The summed E-state index contributed by atoms with van der Waals surface area (Å²) >= 11 is 5.82. The topological polar surface area (TPSA) is 77.5 Å². The molecule has 1 N–H and O–H groups in total. The van der Waals surface area contributed by atoms with Gasteiger partial charge in [0.15, 0.2) is 11.8 Å². The van der Waals surface area contributed by atoms with Gasteiger partial charge in [-0.3, -0.25) is 4.79 Å². The number of amides is 1. The zero-order valence-electron chi connectivity index (χ0n) is 12.9. The second-order valence-electron chi connectivity index (χ2n) is 4.60. The van der Waals surface area contributed by atoms with Crippen molar-refractivity contribution in [1.82, 2.24) is 4.98 Å². The van der Waals surface area contributed by atoms with Crippen molar-refractivity contribution in [2.75, 3.05) is 19.0 Å². The predicted molar refractivity (Wildman–Crippen MR) is 90.9 cm³/mol. The highest BCUT2D eigenvalue weighted by Gasteiger charge is 2.08. The van der Waals surface area contributed by atoms with Crippen LogP contribution in [-0.4, -0.2) is 30.6 Å². The van der Waals surface area contributed by atoms with Gasteiger partial charge in [-0.15, -0.1) is 0 Å². The van der Waals surface area contributed by atoms with E-state index in [1.54, 1.807) is 49.6 Å².